The lowest BCUT2D eigenvalue weighted by Gasteiger charge is -2.34. The van der Waals surface area contributed by atoms with E-state index in [4.69, 9.17) is 0 Å². The number of sulfonamides is 1. The van der Waals surface area contributed by atoms with E-state index < -0.39 is 10.0 Å². The molecule has 1 fully saturated rings. The average Bonchev–Trinajstić information content (AvgIpc) is 2.65. The molecule has 9 heteroatoms. The van der Waals surface area contributed by atoms with Crippen molar-refractivity contribution in [2.24, 2.45) is 0 Å². The number of piperazine rings is 1. The van der Waals surface area contributed by atoms with E-state index in [1.807, 2.05) is 12.1 Å². The second-order valence-corrected chi connectivity index (χ2v) is 8.05. The number of hydrogen-bond acceptors (Lipinski definition) is 5. The number of nitrogens with zero attached hydrogens (tertiary/aromatic N) is 4. The second-order valence-electron chi connectivity index (χ2n) is 6.14. The van der Waals surface area contributed by atoms with Crippen molar-refractivity contribution >= 4 is 38.9 Å². The molecule has 0 radical (unpaired) electrons. The highest BCUT2D eigenvalue weighted by atomic mass is 32.2. The number of anilines is 1. The Balaban J connectivity index is 1.88. The average molecular weight is 376 g/mol. The van der Waals surface area contributed by atoms with E-state index >= 15 is 0 Å². The molecule has 2 aromatic rings. The predicted octanol–water partition coefficient (Wildman–Crippen LogP) is 0.301. The van der Waals surface area contributed by atoms with Gasteiger partial charge in [0, 0.05) is 37.8 Å². The quantitative estimate of drug-likeness (QED) is 0.700. The summed E-state index contributed by atoms with van der Waals surface area (Å²) in [6, 6.07) is 8.84. The van der Waals surface area contributed by atoms with Crippen molar-refractivity contribution < 1.29 is 18.0 Å². The fourth-order valence-electron chi connectivity index (χ4n) is 2.97. The first kappa shape index (κ1) is 18.1. The number of carbonyl (C=O) groups is 2. The molecule has 0 spiro atoms. The molecule has 0 saturated carbocycles. The van der Waals surface area contributed by atoms with Crippen LogP contribution >= 0.6 is 0 Å². The first-order chi connectivity index (χ1) is 12.4. The van der Waals surface area contributed by atoms with Gasteiger partial charge in [-0.25, -0.2) is 8.42 Å². The molecule has 0 atom stereocenters. The van der Waals surface area contributed by atoms with Gasteiger partial charge in [-0.3, -0.25) is 18.9 Å². The third-order valence-electron chi connectivity index (χ3n) is 4.38. The third-order valence-corrected chi connectivity index (χ3v) is 5.50. The number of pyridine rings is 1. The zero-order chi connectivity index (χ0) is 18.7. The number of rotatable bonds is 5. The summed E-state index contributed by atoms with van der Waals surface area (Å²) in [5, 5.41) is 0.797. The monoisotopic (exact) mass is 376 g/mol. The molecule has 1 aliphatic rings. The van der Waals surface area contributed by atoms with Crippen LogP contribution in [0.5, 0.6) is 0 Å². The van der Waals surface area contributed by atoms with Gasteiger partial charge in [-0.1, -0.05) is 18.2 Å². The van der Waals surface area contributed by atoms with Gasteiger partial charge in [0.05, 0.1) is 17.5 Å². The van der Waals surface area contributed by atoms with Crippen molar-refractivity contribution in [3.63, 3.8) is 0 Å². The number of benzene rings is 1. The third kappa shape index (κ3) is 3.77. The molecule has 0 N–H and O–H groups in total. The fraction of sp³-hybridized carbons (Fsp3) is 0.353. The minimum atomic E-state index is -3.68. The van der Waals surface area contributed by atoms with Crippen LogP contribution in [0.25, 0.3) is 10.9 Å². The highest BCUT2D eigenvalue weighted by Gasteiger charge is 2.27. The van der Waals surface area contributed by atoms with Gasteiger partial charge in [0.2, 0.25) is 22.3 Å². The number of amides is 2. The molecule has 138 valence electrons. The number of para-hydroxylation sites is 1. The minimum Gasteiger partial charge on any atom is -0.342 e. The lowest BCUT2D eigenvalue weighted by atomic mass is 10.2. The predicted molar refractivity (Wildman–Crippen MR) is 98.1 cm³/mol. The van der Waals surface area contributed by atoms with Crippen molar-refractivity contribution in [1.82, 2.24) is 14.8 Å². The fourth-order valence-corrected chi connectivity index (χ4v) is 3.82. The highest BCUT2D eigenvalue weighted by Crippen LogP contribution is 2.26. The molecule has 0 bridgehead atoms. The van der Waals surface area contributed by atoms with Gasteiger partial charge in [-0.15, -0.1) is 0 Å². The Morgan fingerprint density at radius 2 is 1.88 bits per heavy atom. The maximum atomic E-state index is 12.7. The minimum absolute atomic E-state index is 0.296. The Bertz CT molecular complexity index is 918. The summed E-state index contributed by atoms with van der Waals surface area (Å²) in [6.07, 6.45) is 3.42. The molecule has 2 heterocycles. The summed E-state index contributed by atoms with van der Waals surface area (Å²) in [5.41, 5.74) is 0.907. The Kier molecular flexibility index (Phi) is 5.08. The van der Waals surface area contributed by atoms with Crippen LogP contribution in [0.15, 0.2) is 36.5 Å². The normalized spacial score (nSPS) is 15.1. The highest BCUT2D eigenvalue weighted by molar-refractivity contribution is 7.92. The van der Waals surface area contributed by atoms with E-state index in [0.29, 0.717) is 37.4 Å². The van der Waals surface area contributed by atoms with Crippen LogP contribution < -0.4 is 4.31 Å². The topological polar surface area (TPSA) is 90.9 Å². The van der Waals surface area contributed by atoms with E-state index in [9.17, 15) is 18.0 Å². The van der Waals surface area contributed by atoms with Crippen LogP contribution in [0, 0.1) is 0 Å². The van der Waals surface area contributed by atoms with Crippen molar-refractivity contribution in [3.05, 3.63) is 36.5 Å². The molecule has 1 saturated heterocycles. The maximum Gasteiger partial charge on any atom is 0.243 e. The van der Waals surface area contributed by atoms with Crippen molar-refractivity contribution in [1.29, 1.82) is 0 Å². The van der Waals surface area contributed by atoms with E-state index in [-0.39, 0.29) is 12.5 Å². The summed E-state index contributed by atoms with van der Waals surface area (Å²) in [5.74, 6) is -0.297. The number of hydrogen-bond donors (Lipinski definition) is 0. The van der Waals surface area contributed by atoms with Crippen LogP contribution in [0.4, 0.5) is 5.69 Å². The molecule has 1 aromatic heterocycles. The number of carbonyl (C=O) groups excluding carboxylic acids is 2. The van der Waals surface area contributed by atoms with E-state index in [0.717, 1.165) is 22.4 Å². The van der Waals surface area contributed by atoms with Crippen molar-refractivity contribution in [2.75, 3.05) is 43.3 Å². The van der Waals surface area contributed by atoms with Crippen LogP contribution in [0.3, 0.4) is 0 Å². The van der Waals surface area contributed by atoms with Gasteiger partial charge < -0.3 is 9.80 Å². The molecule has 8 nitrogen and oxygen atoms in total. The second kappa shape index (κ2) is 7.28. The molecule has 0 unspecified atom stereocenters. The lowest BCUT2D eigenvalue weighted by molar-refractivity contribution is -0.133. The summed E-state index contributed by atoms with van der Waals surface area (Å²) in [6.45, 7) is 1.38. The molecule has 0 aliphatic carbocycles. The largest absolute Gasteiger partial charge is 0.342 e. The molecule has 26 heavy (non-hydrogen) atoms. The standard InChI is InChI=1S/C17H20N4O4S/c1-26(24,25)21(12-16(23)20-10-8-19(13-22)9-11-20)15-6-2-4-14-5-3-7-18-17(14)15/h2-7,13H,8-12H2,1H3. The first-order valence-corrected chi connectivity index (χ1v) is 10.0. The van der Waals surface area contributed by atoms with Gasteiger partial charge >= 0.3 is 0 Å². The first-order valence-electron chi connectivity index (χ1n) is 8.19. The number of fused-ring (bicyclic) bond motifs is 1. The molecular formula is C17H20N4O4S. The zero-order valence-corrected chi connectivity index (χ0v) is 15.2. The molecule has 2 amide bonds. The molecular weight excluding hydrogens is 356 g/mol. The van der Waals surface area contributed by atoms with E-state index in [2.05, 4.69) is 4.98 Å². The molecule has 3 rings (SSSR count). The SMILES string of the molecule is CS(=O)(=O)N(CC(=O)N1CCN(C=O)CC1)c1cccc2cccnc12. The van der Waals surface area contributed by atoms with Crippen molar-refractivity contribution in [3.8, 4) is 0 Å². The summed E-state index contributed by atoms with van der Waals surface area (Å²) < 4.78 is 25.8. The Morgan fingerprint density at radius 1 is 1.19 bits per heavy atom. The summed E-state index contributed by atoms with van der Waals surface area (Å²) >= 11 is 0. The van der Waals surface area contributed by atoms with Gasteiger partial charge in [0.15, 0.2) is 0 Å². The van der Waals surface area contributed by atoms with Gasteiger partial charge in [-0.2, -0.15) is 0 Å². The van der Waals surface area contributed by atoms with Crippen molar-refractivity contribution in [2.45, 2.75) is 0 Å². The number of aromatic nitrogens is 1. The zero-order valence-electron chi connectivity index (χ0n) is 14.4. The van der Waals surface area contributed by atoms with E-state index in [1.54, 1.807) is 34.2 Å². The Labute approximate surface area is 152 Å². The van der Waals surface area contributed by atoms with E-state index in [1.165, 1.54) is 0 Å². The van der Waals surface area contributed by atoms with Gasteiger partial charge in [0.1, 0.15) is 6.54 Å². The van der Waals surface area contributed by atoms with Crippen LogP contribution in [-0.2, 0) is 19.6 Å². The maximum absolute atomic E-state index is 12.7. The summed E-state index contributed by atoms with van der Waals surface area (Å²) in [7, 11) is -3.68. The Morgan fingerprint density at radius 3 is 2.54 bits per heavy atom. The van der Waals surface area contributed by atoms with Gasteiger partial charge in [-0.05, 0) is 12.1 Å². The van der Waals surface area contributed by atoms with Crippen LogP contribution in [0.2, 0.25) is 0 Å². The molecule has 1 aromatic carbocycles. The van der Waals surface area contributed by atoms with Gasteiger partial charge in [0.25, 0.3) is 0 Å². The lowest BCUT2D eigenvalue weighted by Crippen LogP contribution is -2.51. The van der Waals surface area contributed by atoms with Crippen LogP contribution in [0.1, 0.15) is 0 Å². The summed E-state index contributed by atoms with van der Waals surface area (Å²) in [4.78, 5) is 30.9. The Hall–Kier alpha value is -2.68. The molecule has 1 aliphatic heterocycles. The van der Waals surface area contributed by atoms with Crippen LogP contribution in [-0.4, -0.2) is 74.5 Å². The smallest absolute Gasteiger partial charge is 0.243 e.